The lowest BCUT2D eigenvalue weighted by molar-refractivity contribution is 0.671. The van der Waals surface area contributed by atoms with Crippen molar-refractivity contribution in [3.05, 3.63) is 35.0 Å². The fourth-order valence-electron chi connectivity index (χ4n) is 1.47. The molecule has 0 aromatic carbocycles. The number of hydrogen-bond acceptors (Lipinski definition) is 3. The maximum absolute atomic E-state index is 11.5. The Morgan fingerprint density at radius 1 is 1.43 bits per heavy atom. The predicted molar refractivity (Wildman–Crippen MR) is 54.1 cm³/mol. The van der Waals surface area contributed by atoms with Gasteiger partial charge in [-0.15, -0.1) is 0 Å². The average molecular weight is 189 g/mol. The topological polar surface area (TPSA) is 47.8 Å². The molecular formula is C10H11N3O. The van der Waals surface area contributed by atoms with E-state index in [0.717, 1.165) is 11.8 Å². The normalized spacial score (nSPS) is 10.6. The van der Waals surface area contributed by atoms with Crippen LogP contribution in [-0.4, -0.2) is 14.5 Å². The van der Waals surface area contributed by atoms with Crippen LogP contribution in [0.5, 0.6) is 0 Å². The van der Waals surface area contributed by atoms with Crippen molar-refractivity contribution in [1.29, 1.82) is 0 Å². The van der Waals surface area contributed by atoms with Gasteiger partial charge in [0, 0.05) is 24.2 Å². The first kappa shape index (κ1) is 8.87. The van der Waals surface area contributed by atoms with Gasteiger partial charge in [0.2, 0.25) is 0 Å². The van der Waals surface area contributed by atoms with Gasteiger partial charge in [0.15, 0.2) is 0 Å². The van der Waals surface area contributed by atoms with Crippen LogP contribution >= 0.6 is 0 Å². The van der Waals surface area contributed by atoms with Gasteiger partial charge >= 0.3 is 0 Å². The molecule has 0 saturated heterocycles. The number of aromatic nitrogens is 3. The van der Waals surface area contributed by atoms with Crippen LogP contribution in [0.4, 0.5) is 0 Å². The van der Waals surface area contributed by atoms with Crippen LogP contribution in [0.15, 0.2) is 29.5 Å². The summed E-state index contributed by atoms with van der Waals surface area (Å²) in [6.07, 6.45) is 4.10. The van der Waals surface area contributed by atoms with E-state index in [1.807, 2.05) is 6.92 Å². The summed E-state index contributed by atoms with van der Waals surface area (Å²) >= 11 is 0. The van der Waals surface area contributed by atoms with Crippen molar-refractivity contribution < 1.29 is 0 Å². The Morgan fingerprint density at radius 3 is 3.07 bits per heavy atom. The van der Waals surface area contributed by atoms with E-state index in [9.17, 15) is 4.79 Å². The summed E-state index contributed by atoms with van der Waals surface area (Å²) in [7, 11) is 0. The van der Waals surface area contributed by atoms with Gasteiger partial charge in [0.25, 0.3) is 5.56 Å². The van der Waals surface area contributed by atoms with Gasteiger partial charge in [-0.1, -0.05) is 6.92 Å². The highest BCUT2D eigenvalue weighted by atomic mass is 16.1. The molecular weight excluding hydrogens is 178 g/mol. The summed E-state index contributed by atoms with van der Waals surface area (Å²) in [4.78, 5) is 19.6. The van der Waals surface area contributed by atoms with Crippen molar-refractivity contribution in [1.82, 2.24) is 14.5 Å². The van der Waals surface area contributed by atoms with Crippen LogP contribution in [0.2, 0.25) is 0 Å². The van der Waals surface area contributed by atoms with E-state index in [0.29, 0.717) is 12.2 Å². The smallest absolute Gasteiger partial charge is 0.252 e. The molecule has 0 fully saturated rings. The first-order chi connectivity index (χ1) is 6.83. The molecule has 0 unspecified atom stereocenters. The van der Waals surface area contributed by atoms with Crippen LogP contribution in [0.1, 0.15) is 13.3 Å². The number of aryl methyl sites for hydroxylation is 1. The Kier molecular flexibility index (Phi) is 2.26. The fourth-order valence-corrected chi connectivity index (χ4v) is 1.47. The van der Waals surface area contributed by atoms with Crippen molar-refractivity contribution in [2.75, 3.05) is 0 Å². The van der Waals surface area contributed by atoms with Crippen molar-refractivity contribution in [2.45, 2.75) is 19.9 Å². The monoisotopic (exact) mass is 189 g/mol. The molecule has 4 heteroatoms. The van der Waals surface area contributed by atoms with E-state index in [4.69, 9.17) is 0 Å². The molecule has 4 nitrogen and oxygen atoms in total. The molecule has 0 radical (unpaired) electrons. The van der Waals surface area contributed by atoms with Crippen molar-refractivity contribution in [2.24, 2.45) is 0 Å². The minimum atomic E-state index is -0.00181. The highest BCUT2D eigenvalue weighted by Gasteiger charge is 2.01. The van der Waals surface area contributed by atoms with E-state index < -0.39 is 0 Å². The second kappa shape index (κ2) is 3.57. The van der Waals surface area contributed by atoms with Crippen molar-refractivity contribution >= 4 is 11.0 Å². The van der Waals surface area contributed by atoms with Crippen LogP contribution in [0.25, 0.3) is 11.0 Å². The van der Waals surface area contributed by atoms with E-state index in [-0.39, 0.29) is 5.56 Å². The number of pyridine rings is 1. The van der Waals surface area contributed by atoms with Gasteiger partial charge in [-0.05, 0) is 12.5 Å². The molecule has 0 aliphatic rings. The lowest BCUT2D eigenvalue weighted by atomic mass is 10.3. The quantitative estimate of drug-likeness (QED) is 0.713. The standard InChI is InChI=1S/C10H11N3O/c1-2-5-13-9(14)4-3-8-6-11-7-12-10(8)13/h3-4,6-7H,2,5H2,1H3. The third-order valence-corrected chi connectivity index (χ3v) is 2.09. The zero-order valence-corrected chi connectivity index (χ0v) is 7.97. The second-order valence-electron chi connectivity index (χ2n) is 3.12. The van der Waals surface area contributed by atoms with Gasteiger partial charge in [-0.25, -0.2) is 9.97 Å². The molecule has 0 bridgehead atoms. The summed E-state index contributed by atoms with van der Waals surface area (Å²) in [6, 6.07) is 3.31. The lowest BCUT2D eigenvalue weighted by Gasteiger charge is -2.06. The predicted octanol–water partition coefficient (Wildman–Crippen LogP) is 1.20. The minimum absolute atomic E-state index is 0.00181. The summed E-state index contributed by atoms with van der Waals surface area (Å²) in [6.45, 7) is 2.74. The summed E-state index contributed by atoms with van der Waals surface area (Å²) < 4.78 is 1.68. The first-order valence-electron chi connectivity index (χ1n) is 4.62. The SMILES string of the molecule is CCCn1c(=O)ccc2cncnc21. The Morgan fingerprint density at radius 2 is 2.29 bits per heavy atom. The van der Waals surface area contributed by atoms with Gasteiger partial charge in [-0.3, -0.25) is 9.36 Å². The highest BCUT2D eigenvalue weighted by Crippen LogP contribution is 2.06. The van der Waals surface area contributed by atoms with Crippen LogP contribution in [0, 0.1) is 0 Å². The molecule has 2 heterocycles. The summed E-state index contributed by atoms with van der Waals surface area (Å²) in [5.74, 6) is 0. The van der Waals surface area contributed by atoms with E-state index in [2.05, 4.69) is 9.97 Å². The number of hydrogen-bond donors (Lipinski definition) is 0. The Hall–Kier alpha value is -1.71. The number of rotatable bonds is 2. The second-order valence-corrected chi connectivity index (χ2v) is 3.12. The molecule has 2 aromatic rings. The molecule has 0 saturated carbocycles. The largest absolute Gasteiger partial charge is 0.293 e. The third kappa shape index (κ3) is 1.39. The van der Waals surface area contributed by atoms with Gasteiger partial charge in [0.1, 0.15) is 12.0 Å². The molecule has 2 aromatic heterocycles. The van der Waals surface area contributed by atoms with Crippen molar-refractivity contribution in [3.63, 3.8) is 0 Å². The van der Waals surface area contributed by atoms with Gasteiger partial charge in [0.05, 0.1) is 0 Å². The summed E-state index contributed by atoms with van der Waals surface area (Å²) in [5, 5.41) is 0.903. The van der Waals surface area contributed by atoms with E-state index in [1.165, 1.54) is 6.33 Å². The Bertz CT molecular complexity index is 504. The first-order valence-corrected chi connectivity index (χ1v) is 4.62. The van der Waals surface area contributed by atoms with Gasteiger partial charge < -0.3 is 0 Å². The zero-order valence-electron chi connectivity index (χ0n) is 7.97. The molecule has 0 amide bonds. The molecule has 0 spiro atoms. The molecule has 14 heavy (non-hydrogen) atoms. The van der Waals surface area contributed by atoms with Crippen LogP contribution in [0.3, 0.4) is 0 Å². The van der Waals surface area contributed by atoms with Crippen LogP contribution in [-0.2, 0) is 6.54 Å². The maximum Gasteiger partial charge on any atom is 0.252 e. The number of nitrogens with zero attached hydrogens (tertiary/aromatic N) is 3. The lowest BCUT2D eigenvalue weighted by Crippen LogP contribution is -2.19. The van der Waals surface area contributed by atoms with Crippen molar-refractivity contribution in [3.8, 4) is 0 Å². The Balaban J connectivity index is 2.76. The molecule has 0 N–H and O–H groups in total. The van der Waals surface area contributed by atoms with Gasteiger partial charge in [-0.2, -0.15) is 0 Å². The molecule has 0 atom stereocenters. The van der Waals surface area contributed by atoms with E-state index >= 15 is 0 Å². The molecule has 0 aliphatic heterocycles. The van der Waals surface area contributed by atoms with Crippen LogP contribution < -0.4 is 5.56 Å². The molecule has 2 rings (SSSR count). The van der Waals surface area contributed by atoms with E-state index in [1.54, 1.807) is 22.9 Å². The third-order valence-electron chi connectivity index (χ3n) is 2.09. The number of fused-ring (bicyclic) bond motifs is 1. The minimum Gasteiger partial charge on any atom is -0.293 e. The average Bonchev–Trinajstić information content (AvgIpc) is 2.23. The fraction of sp³-hybridized carbons (Fsp3) is 0.300. The highest BCUT2D eigenvalue weighted by molar-refractivity contribution is 5.73. The molecule has 72 valence electrons. The maximum atomic E-state index is 11.5. The molecule has 0 aliphatic carbocycles. The Labute approximate surface area is 81.2 Å². The summed E-state index contributed by atoms with van der Waals surface area (Å²) in [5.41, 5.74) is 0.715. The zero-order chi connectivity index (χ0) is 9.97.